The van der Waals surface area contributed by atoms with Crippen molar-refractivity contribution in [3.63, 3.8) is 0 Å². The molecule has 23 heavy (non-hydrogen) atoms. The number of ether oxygens (including phenoxy) is 1. The first kappa shape index (κ1) is 16.2. The lowest BCUT2D eigenvalue weighted by Gasteiger charge is -2.38. The van der Waals surface area contributed by atoms with Gasteiger partial charge in [0.1, 0.15) is 11.2 Å². The predicted octanol–water partition coefficient (Wildman–Crippen LogP) is 3.48. The SMILES string of the molecule is Cc1sc2ncnc(OCC(=O)N3[C@H](C)CCC[C@H]3C)c2c1C. The molecule has 0 aliphatic carbocycles. The van der Waals surface area contributed by atoms with Crippen LogP contribution in [0.1, 0.15) is 43.6 Å². The van der Waals surface area contributed by atoms with Crippen LogP contribution in [0.3, 0.4) is 0 Å². The Bertz CT molecular complexity index is 718. The minimum absolute atomic E-state index is 0.0368. The molecule has 2 atom stereocenters. The lowest BCUT2D eigenvalue weighted by atomic mass is 9.97. The Kier molecular flexibility index (Phi) is 4.53. The Labute approximate surface area is 140 Å². The van der Waals surface area contributed by atoms with Gasteiger partial charge in [0.2, 0.25) is 5.88 Å². The third-order valence-electron chi connectivity index (χ3n) is 4.74. The topological polar surface area (TPSA) is 55.3 Å². The summed E-state index contributed by atoms with van der Waals surface area (Å²) in [6.07, 6.45) is 4.82. The molecule has 3 rings (SSSR count). The maximum atomic E-state index is 12.6. The van der Waals surface area contributed by atoms with Crippen LogP contribution in [0.2, 0.25) is 0 Å². The monoisotopic (exact) mass is 333 g/mol. The van der Waals surface area contributed by atoms with Gasteiger partial charge in [0.05, 0.1) is 5.39 Å². The van der Waals surface area contributed by atoms with Gasteiger partial charge in [0, 0.05) is 17.0 Å². The first-order valence-electron chi connectivity index (χ1n) is 8.13. The van der Waals surface area contributed by atoms with Crippen LogP contribution >= 0.6 is 11.3 Å². The van der Waals surface area contributed by atoms with E-state index in [2.05, 4.69) is 30.7 Å². The van der Waals surface area contributed by atoms with E-state index in [1.807, 2.05) is 11.8 Å². The van der Waals surface area contributed by atoms with Gasteiger partial charge < -0.3 is 9.64 Å². The van der Waals surface area contributed by atoms with Crippen molar-refractivity contribution in [2.75, 3.05) is 6.61 Å². The molecular formula is C17H23N3O2S. The van der Waals surface area contributed by atoms with Gasteiger partial charge in [-0.25, -0.2) is 9.97 Å². The maximum Gasteiger partial charge on any atom is 0.261 e. The molecule has 0 bridgehead atoms. The Balaban J connectivity index is 1.77. The van der Waals surface area contributed by atoms with E-state index in [4.69, 9.17) is 4.74 Å². The number of thiophene rings is 1. The van der Waals surface area contributed by atoms with Crippen LogP contribution in [-0.2, 0) is 4.79 Å². The molecule has 0 spiro atoms. The molecule has 0 saturated carbocycles. The molecule has 0 aromatic carbocycles. The van der Waals surface area contributed by atoms with E-state index in [0.29, 0.717) is 5.88 Å². The molecule has 1 aliphatic heterocycles. The van der Waals surface area contributed by atoms with Crippen molar-refractivity contribution in [3.8, 4) is 5.88 Å². The molecule has 1 aliphatic rings. The Hall–Kier alpha value is -1.69. The summed E-state index contributed by atoms with van der Waals surface area (Å²) in [4.78, 5) is 25.2. The molecule has 124 valence electrons. The first-order valence-corrected chi connectivity index (χ1v) is 8.95. The van der Waals surface area contributed by atoms with Gasteiger partial charge in [-0.15, -0.1) is 11.3 Å². The molecule has 2 aromatic heterocycles. The second-order valence-corrected chi connectivity index (χ2v) is 7.56. The highest BCUT2D eigenvalue weighted by molar-refractivity contribution is 7.18. The van der Waals surface area contributed by atoms with Crippen molar-refractivity contribution in [2.24, 2.45) is 0 Å². The van der Waals surface area contributed by atoms with Gasteiger partial charge >= 0.3 is 0 Å². The summed E-state index contributed by atoms with van der Waals surface area (Å²) >= 11 is 1.63. The summed E-state index contributed by atoms with van der Waals surface area (Å²) in [5.74, 6) is 0.559. The lowest BCUT2D eigenvalue weighted by molar-refractivity contribution is -0.139. The maximum absolute atomic E-state index is 12.6. The van der Waals surface area contributed by atoms with Crippen LogP contribution in [0.4, 0.5) is 0 Å². The zero-order valence-corrected chi connectivity index (χ0v) is 14.9. The average Bonchev–Trinajstić information content (AvgIpc) is 2.80. The van der Waals surface area contributed by atoms with E-state index in [-0.39, 0.29) is 24.6 Å². The normalized spacial score (nSPS) is 21.7. The molecule has 3 heterocycles. The van der Waals surface area contributed by atoms with E-state index in [1.165, 1.54) is 17.6 Å². The van der Waals surface area contributed by atoms with Crippen LogP contribution in [0, 0.1) is 13.8 Å². The Morgan fingerprint density at radius 2 is 2.00 bits per heavy atom. The molecule has 0 N–H and O–H groups in total. The molecule has 0 unspecified atom stereocenters. The summed E-state index contributed by atoms with van der Waals surface area (Å²) in [5, 5.41) is 0.933. The molecule has 5 nitrogen and oxygen atoms in total. The van der Waals surface area contributed by atoms with Crippen molar-refractivity contribution in [3.05, 3.63) is 16.8 Å². The number of nitrogens with zero attached hydrogens (tertiary/aromatic N) is 3. The molecule has 1 amide bonds. The number of hydrogen-bond acceptors (Lipinski definition) is 5. The number of amides is 1. The average molecular weight is 333 g/mol. The molecular weight excluding hydrogens is 310 g/mol. The highest BCUT2D eigenvalue weighted by atomic mass is 32.1. The van der Waals surface area contributed by atoms with Gasteiger partial charge in [-0.2, -0.15) is 0 Å². The fraction of sp³-hybridized carbons (Fsp3) is 0.588. The van der Waals surface area contributed by atoms with Crippen LogP contribution in [0.5, 0.6) is 5.88 Å². The van der Waals surface area contributed by atoms with Crippen molar-refractivity contribution in [1.29, 1.82) is 0 Å². The number of likely N-dealkylation sites (tertiary alicyclic amines) is 1. The Morgan fingerprint density at radius 3 is 2.70 bits per heavy atom. The van der Waals surface area contributed by atoms with Crippen molar-refractivity contribution in [2.45, 2.75) is 59.0 Å². The number of carbonyl (C=O) groups is 1. The van der Waals surface area contributed by atoms with E-state index >= 15 is 0 Å². The van der Waals surface area contributed by atoms with Crippen molar-refractivity contribution < 1.29 is 9.53 Å². The van der Waals surface area contributed by atoms with Gasteiger partial charge in [-0.3, -0.25) is 4.79 Å². The van der Waals surface area contributed by atoms with Crippen molar-refractivity contribution >= 4 is 27.5 Å². The number of piperidine rings is 1. The summed E-state index contributed by atoms with van der Waals surface area (Å²) in [6, 6.07) is 0.566. The number of carbonyl (C=O) groups excluding carboxylic acids is 1. The van der Waals surface area contributed by atoms with Crippen molar-refractivity contribution in [1.82, 2.24) is 14.9 Å². The fourth-order valence-electron chi connectivity index (χ4n) is 3.38. The van der Waals surface area contributed by atoms with Crippen LogP contribution in [0.15, 0.2) is 6.33 Å². The third kappa shape index (κ3) is 3.04. The van der Waals surface area contributed by atoms with Gasteiger partial charge in [-0.1, -0.05) is 0 Å². The molecule has 2 aromatic rings. The second kappa shape index (κ2) is 6.43. The fourth-order valence-corrected chi connectivity index (χ4v) is 4.36. The number of hydrogen-bond donors (Lipinski definition) is 0. The summed E-state index contributed by atoms with van der Waals surface area (Å²) in [5.41, 5.74) is 1.13. The highest BCUT2D eigenvalue weighted by Gasteiger charge is 2.29. The Morgan fingerprint density at radius 1 is 1.30 bits per heavy atom. The van der Waals surface area contributed by atoms with Gasteiger partial charge in [0.25, 0.3) is 5.91 Å². The number of aromatic nitrogens is 2. The standard InChI is InChI=1S/C17H23N3O2S/c1-10-6-5-7-11(2)20(10)14(21)8-22-16-15-12(3)13(4)23-17(15)19-9-18-16/h9-11H,5-8H2,1-4H3/t10-,11-/m1/s1. The largest absolute Gasteiger partial charge is 0.467 e. The zero-order chi connectivity index (χ0) is 16.6. The quantitative estimate of drug-likeness (QED) is 0.863. The highest BCUT2D eigenvalue weighted by Crippen LogP contribution is 2.33. The molecule has 6 heteroatoms. The van der Waals surface area contributed by atoms with E-state index in [1.54, 1.807) is 11.3 Å². The van der Waals surface area contributed by atoms with E-state index < -0.39 is 0 Å². The predicted molar refractivity (Wildman–Crippen MR) is 92.0 cm³/mol. The number of fused-ring (bicyclic) bond motifs is 1. The van der Waals surface area contributed by atoms with Crippen LogP contribution in [0.25, 0.3) is 10.2 Å². The minimum Gasteiger partial charge on any atom is -0.467 e. The molecule has 1 saturated heterocycles. The van der Waals surface area contributed by atoms with Gasteiger partial charge in [-0.05, 0) is 52.5 Å². The zero-order valence-electron chi connectivity index (χ0n) is 14.1. The summed E-state index contributed by atoms with van der Waals surface area (Å²) in [6.45, 7) is 8.37. The smallest absolute Gasteiger partial charge is 0.261 e. The number of rotatable bonds is 3. The summed E-state index contributed by atoms with van der Waals surface area (Å²) in [7, 11) is 0. The second-order valence-electron chi connectivity index (χ2n) is 6.36. The molecule has 1 fully saturated rings. The first-order chi connectivity index (χ1) is 11.0. The molecule has 0 radical (unpaired) electrons. The lowest BCUT2D eigenvalue weighted by Crippen LogP contribution is -2.49. The third-order valence-corrected chi connectivity index (χ3v) is 5.86. The van der Waals surface area contributed by atoms with E-state index in [0.717, 1.165) is 28.6 Å². The summed E-state index contributed by atoms with van der Waals surface area (Å²) < 4.78 is 5.79. The number of aryl methyl sites for hydroxylation is 2. The minimum atomic E-state index is 0.0368. The van der Waals surface area contributed by atoms with Crippen LogP contribution < -0.4 is 4.74 Å². The van der Waals surface area contributed by atoms with Gasteiger partial charge in [0.15, 0.2) is 6.61 Å². The van der Waals surface area contributed by atoms with Crippen LogP contribution in [-0.4, -0.2) is 39.5 Å². The van der Waals surface area contributed by atoms with E-state index in [9.17, 15) is 4.79 Å².